The number of pyridine rings is 2. The number of halogens is 1. The lowest BCUT2D eigenvalue weighted by Gasteiger charge is -2.12. The molecule has 1 aromatic carbocycles. The van der Waals surface area contributed by atoms with Gasteiger partial charge in [-0.15, -0.1) is 0 Å². The van der Waals surface area contributed by atoms with E-state index in [1.54, 1.807) is 53.2 Å². The summed E-state index contributed by atoms with van der Waals surface area (Å²) < 4.78 is 26.8. The van der Waals surface area contributed by atoms with Crippen molar-refractivity contribution < 1.29 is 23.4 Å². The van der Waals surface area contributed by atoms with Crippen molar-refractivity contribution in [1.82, 2.24) is 9.55 Å². The second kappa shape index (κ2) is 7.82. The zero-order chi connectivity index (χ0) is 21.3. The van der Waals surface area contributed by atoms with Crippen molar-refractivity contribution in [2.24, 2.45) is 0 Å². The molecule has 0 aliphatic heterocycles. The van der Waals surface area contributed by atoms with Gasteiger partial charge >= 0.3 is 5.56 Å². The van der Waals surface area contributed by atoms with E-state index in [0.29, 0.717) is 28.3 Å². The SMILES string of the molecule is COc1cc(OC)cc(-c2c(O)n(Cc3ccc(F)nc3)c3cccc[n+]3c2=O)c1. The Bertz CT molecular complexity index is 1260. The van der Waals surface area contributed by atoms with E-state index in [1.807, 2.05) is 0 Å². The average Bonchev–Trinajstić information content (AvgIpc) is 2.77. The van der Waals surface area contributed by atoms with E-state index in [-0.39, 0.29) is 18.0 Å². The molecule has 0 saturated heterocycles. The number of aromatic nitrogens is 3. The first-order chi connectivity index (χ1) is 14.5. The molecule has 7 nitrogen and oxygen atoms in total. The highest BCUT2D eigenvalue weighted by Gasteiger charge is 2.26. The first kappa shape index (κ1) is 19.4. The topological polar surface area (TPSA) is 77.7 Å². The summed E-state index contributed by atoms with van der Waals surface area (Å²) >= 11 is 0. The molecule has 0 aliphatic rings. The van der Waals surface area contributed by atoms with E-state index in [0.717, 1.165) is 0 Å². The Hall–Kier alpha value is -3.94. The van der Waals surface area contributed by atoms with E-state index in [1.165, 1.54) is 30.9 Å². The number of aromatic hydroxyl groups is 1. The first-order valence-corrected chi connectivity index (χ1v) is 9.12. The van der Waals surface area contributed by atoms with Gasteiger partial charge in [-0.3, -0.25) is 0 Å². The van der Waals surface area contributed by atoms with E-state index in [9.17, 15) is 14.3 Å². The van der Waals surface area contributed by atoms with Gasteiger partial charge in [0.2, 0.25) is 5.95 Å². The van der Waals surface area contributed by atoms with Gasteiger partial charge in [-0.05, 0) is 30.3 Å². The number of nitrogens with zero attached hydrogens (tertiary/aromatic N) is 3. The Morgan fingerprint density at radius 3 is 2.47 bits per heavy atom. The third-order valence-electron chi connectivity index (χ3n) is 4.80. The summed E-state index contributed by atoms with van der Waals surface area (Å²) in [6, 6.07) is 13.0. The van der Waals surface area contributed by atoms with Gasteiger partial charge < -0.3 is 14.6 Å². The molecule has 3 aromatic heterocycles. The van der Waals surface area contributed by atoms with Crippen LogP contribution >= 0.6 is 0 Å². The maximum absolute atomic E-state index is 13.2. The summed E-state index contributed by atoms with van der Waals surface area (Å²) in [5.41, 5.74) is 1.27. The van der Waals surface area contributed by atoms with E-state index in [4.69, 9.17) is 9.47 Å². The number of ether oxygens (including phenoxy) is 2. The number of hydrogen-bond acceptors (Lipinski definition) is 5. The van der Waals surface area contributed by atoms with Crippen LogP contribution in [-0.2, 0) is 6.54 Å². The lowest BCUT2D eigenvalue weighted by molar-refractivity contribution is -0.532. The van der Waals surface area contributed by atoms with Crippen LogP contribution in [0.1, 0.15) is 5.56 Å². The van der Waals surface area contributed by atoms with Crippen molar-refractivity contribution in [2.75, 3.05) is 14.2 Å². The Morgan fingerprint density at radius 1 is 1.10 bits per heavy atom. The summed E-state index contributed by atoms with van der Waals surface area (Å²) in [4.78, 5) is 16.9. The highest BCUT2D eigenvalue weighted by Crippen LogP contribution is 2.33. The molecule has 4 rings (SSSR count). The van der Waals surface area contributed by atoms with Gasteiger partial charge in [0.05, 0.1) is 20.4 Å². The first-order valence-electron chi connectivity index (χ1n) is 9.12. The fourth-order valence-electron chi connectivity index (χ4n) is 3.33. The standard InChI is InChI=1S/C22H18FN3O4/c1-29-16-9-15(10-17(11-16)30-2)20-21(27)25-8-4-3-5-19(25)26(22(20)28)13-14-6-7-18(23)24-12-14/h3-12H,13H2,1-2H3/p+1. The van der Waals surface area contributed by atoms with Gasteiger partial charge in [0.1, 0.15) is 18.0 Å². The minimum absolute atomic E-state index is 0.0889. The van der Waals surface area contributed by atoms with Crippen LogP contribution in [0.3, 0.4) is 0 Å². The van der Waals surface area contributed by atoms with Crippen LogP contribution in [0.2, 0.25) is 0 Å². The van der Waals surface area contributed by atoms with Crippen molar-refractivity contribution in [2.45, 2.75) is 6.54 Å². The van der Waals surface area contributed by atoms with Crippen LogP contribution in [-0.4, -0.2) is 28.9 Å². The predicted molar refractivity (Wildman–Crippen MR) is 107 cm³/mol. The second-order valence-corrected chi connectivity index (χ2v) is 6.61. The molecule has 152 valence electrons. The Kier molecular flexibility index (Phi) is 5.05. The summed E-state index contributed by atoms with van der Waals surface area (Å²) in [7, 11) is 3.01. The zero-order valence-corrected chi connectivity index (χ0v) is 16.4. The van der Waals surface area contributed by atoms with E-state index >= 15 is 0 Å². The molecular formula is C22H19FN3O4+. The van der Waals surface area contributed by atoms with Crippen LogP contribution in [0.15, 0.2) is 65.7 Å². The number of hydrogen-bond donors (Lipinski definition) is 1. The van der Waals surface area contributed by atoms with Crippen molar-refractivity contribution >= 4 is 5.65 Å². The molecule has 0 unspecified atom stereocenters. The van der Waals surface area contributed by atoms with Crippen molar-refractivity contribution in [3.8, 4) is 28.5 Å². The quantitative estimate of drug-likeness (QED) is 0.406. The summed E-state index contributed by atoms with van der Waals surface area (Å²) in [6.45, 7) is 0.182. The molecule has 0 atom stereocenters. The van der Waals surface area contributed by atoms with Gasteiger partial charge in [0.15, 0.2) is 5.56 Å². The number of methoxy groups -OCH3 is 2. The average molecular weight is 408 g/mol. The van der Waals surface area contributed by atoms with Gasteiger partial charge in [-0.1, -0.05) is 6.07 Å². The third-order valence-corrected chi connectivity index (χ3v) is 4.80. The molecule has 4 aromatic rings. The third kappa shape index (κ3) is 3.43. The molecule has 30 heavy (non-hydrogen) atoms. The lowest BCUT2D eigenvalue weighted by atomic mass is 10.1. The van der Waals surface area contributed by atoms with Crippen LogP contribution < -0.4 is 19.4 Å². The number of fused-ring (bicyclic) bond motifs is 1. The highest BCUT2D eigenvalue weighted by atomic mass is 19.1. The Balaban J connectivity index is 1.99. The smallest absolute Gasteiger partial charge is 0.354 e. The van der Waals surface area contributed by atoms with Gasteiger partial charge in [-0.25, -0.2) is 9.78 Å². The van der Waals surface area contributed by atoms with Gasteiger partial charge in [0.25, 0.3) is 11.5 Å². The fourth-order valence-corrected chi connectivity index (χ4v) is 3.33. The largest absolute Gasteiger partial charge is 0.497 e. The lowest BCUT2D eigenvalue weighted by Crippen LogP contribution is -2.43. The molecule has 0 saturated carbocycles. The molecule has 1 N–H and O–H groups in total. The van der Waals surface area contributed by atoms with E-state index in [2.05, 4.69) is 4.98 Å². The molecule has 0 radical (unpaired) electrons. The molecule has 3 heterocycles. The summed E-state index contributed by atoms with van der Waals surface area (Å²) in [5, 5.41) is 11.1. The van der Waals surface area contributed by atoms with Gasteiger partial charge in [0, 0.05) is 29.5 Å². The second-order valence-electron chi connectivity index (χ2n) is 6.61. The molecule has 0 amide bonds. The Morgan fingerprint density at radius 2 is 1.83 bits per heavy atom. The minimum Gasteiger partial charge on any atom is -0.497 e. The van der Waals surface area contributed by atoms with Crippen LogP contribution in [0.5, 0.6) is 17.4 Å². The maximum atomic E-state index is 13.2. The Labute approximate surface area is 171 Å². The zero-order valence-electron chi connectivity index (χ0n) is 16.4. The summed E-state index contributed by atoms with van der Waals surface area (Å²) in [5.74, 6) is 0.142. The normalized spacial score (nSPS) is 10.9. The van der Waals surface area contributed by atoms with Crippen molar-refractivity contribution in [3.63, 3.8) is 0 Å². The van der Waals surface area contributed by atoms with Gasteiger partial charge in [-0.2, -0.15) is 13.4 Å². The molecule has 0 aliphatic carbocycles. The maximum Gasteiger partial charge on any atom is 0.354 e. The predicted octanol–water partition coefficient (Wildman–Crippen LogP) is 2.56. The molecule has 0 bridgehead atoms. The number of benzene rings is 1. The number of rotatable bonds is 5. The van der Waals surface area contributed by atoms with E-state index < -0.39 is 11.5 Å². The van der Waals surface area contributed by atoms with Crippen molar-refractivity contribution in [1.29, 1.82) is 0 Å². The summed E-state index contributed by atoms with van der Waals surface area (Å²) in [6.07, 6.45) is 3.01. The van der Waals surface area contributed by atoms with Crippen LogP contribution in [0.4, 0.5) is 4.39 Å². The minimum atomic E-state index is -0.591. The van der Waals surface area contributed by atoms with Crippen molar-refractivity contribution in [3.05, 3.63) is 82.8 Å². The van der Waals surface area contributed by atoms with Crippen LogP contribution in [0, 0.1) is 5.95 Å². The molecule has 8 heteroatoms. The monoisotopic (exact) mass is 408 g/mol. The molecular weight excluding hydrogens is 389 g/mol. The molecule has 0 spiro atoms. The highest BCUT2D eigenvalue weighted by molar-refractivity contribution is 5.71. The fraction of sp³-hybridized carbons (Fsp3) is 0.136. The molecule has 0 fully saturated rings. The van der Waals surface area contributed by atoms with Crippen LogP contribution in [0.25, 0.3) is 16.8 Å².